The molecule has 0 rings (SSSR count). The van der Waals surface area contributed by atoms with Crippen molar-refractivity contribution < 1.29 is 4.43 Å². The largest absolute Gasteiger partial charge is 0.534 e. The van der Waals surface area contributed by atoms with E-state index in [0.717, 1.165) is 0 Å². The van der Waals surface area contributed by atoms with E-state index in [-0.39, 0.29) is 0 Å². The number of hydrogen-bond acceptors (Lipinski definition) is 2. The van der Waals surface area contributed by atoms with Crippen LogP contribution < -0.4 is 5.32 Å². The number of hydrogen-bond donors (Lipinski definition) is 1. The predicted molar refractivity (Wildman–Crippen MR) is 41.8 cm³/mol. The van der Waals surface area contributed by atoms with E-state index < -0.39 is 0 Å². The van der Waals surface area contributed by atoms with Crippen molar-refractivity contribution >= 4 is 27.9 Å². The van der Waals surface area contributed by atoms with Gasteiger partial charge in [0, 0.05) is 6.54 Å². The van der Waals surface area contributed by atoms with Crippen molar-refractivity contribution in [3.8, 4) is 0 Å². The Balaban J connectivity index is 3.11. The Morgan fingerprint density at radius 2 is 2.62 bits per heavy atom. The van der Waals surface area contributed by atoms with Crippen molar-refractivity contribution in [2.24, 2.45) is 0 Å². The van der Waals surface area contributed by atoms with E-state index in [9.17, 15) is 0 Å². The van der Waals surface area contributed by atoms with Crippen LogP contribution >= 0.6 is 12.2 Å². The second kappa shape index (κ2) is 4.80. The molecule has 0 aromatic rings. The second-order valence-corrected chi connectivity index (χ2v) is 1.94. The molecule has 0 aliphatic rings. The molecule has 1 N–H and O–H groups in total. The number of nitrogens with one attached hydrogen (secondary N) is 1. The van der Waals surface area contributed by atoms with Gasteiger partial charge in [0.15, 0.2) is 0 Å². The Morgan fingerprint density at radius 1 is 2.00 bits per heavy atom. The van der Waals surface area contributed by atoms with E-state index in [4.69, 9.17) is 4.43 Å². The zero-order valence-corrected chi connectivity index (χ0v) is 7.62. The van der Waals surface area contributed by atoms with Crippen LogP contribution in [0.1, 0.15) is 0 Å². The predicted octanol–water partition coefficient (Wildman–Crippen LogP) is -0.656. The second-order valence-electron chi connectivity index (χ2n) is 1.16. The molecule has 0 aromatic carbocycles. The van der Waals surface area contributed by atoms with E-state index in [0.29, 0.717) is 22.2 Å². The Labute approximate surface area is 57.5 Å². The molecule has 0 fully saturated rings. The van der Waals surface area contributed by atoms with Gasteiger partial charge in [-0.25, -0.2) is 0 Å². The summed E-state index contributed by atoms with van der Waals surface area (Å²) >= 11 is 4.67. The van der Waals surface area contributed by atoms with Gasteiger partial charge in [0.2, 0.25) is 15.7 Å². The van der Waals surface area contributed by atoms with E-state index in [1.807, 2.05) is 0 Å². The molecule has 0 aromatic heterocycles. The van der Waals surface area contributed by atoms with E-state index in [2.05, 4.69) is 24.1 Å². The molecule has 0 spiro atoms. The summed E-state index contributed by atoms with van der Waals surface area (Å²) in [4.78, 5) is 0. The first-order valence-electron chi connectivity index (χ1n) is 2.24. The molecule has 0 heterocycles. The minimum atomic E-state index is 0.469. The van der Waals surface area contributed by atoms with Crippen molar-refractivity contribution in [1.29, 1.82) is 0 Å². The zero-order valence-electron chi connectivity index (χ0n) is 4.81. The van der Waals surface area contributed by atoms with Gasteiger partial charge in [-0.15, -0.1) is 6.58 Å². The maximum atomic E-state index is 4.76. The summed E-state index contributed by atoms with van der Waals surface area (Å²) in [7, 11) is 0.652. The summed E-state index contributed by atoms with van der Waals surface area (Å²) in [5.74, 6) is 0. The van der Waals surface area contributed by atoms with Gasteiger partial charge in [0.1, 0.15) is 0 Å². The van der Waals surface area contributed by atoms with Crippen molar-refractivity contribution in [2.75, 3.05) is 6.54 Å². The highest BCUT2D eigenvalue weighted by Crippen LogP contribution is 1.69. The molecule has 0 aliphatic carbocycles. The molecule has 0 saturated heterocycles. The molecule has 0 atom stereocenters. The maximum absolute atomic E-state index is 4.76. The smallest absolute Gasteiger partial charge is 0.242 e. The molecule has 0 bridgehead atoms. The summed E-state index contributed by atoms with van der Waals surface area (Å²) in [6.07, 6.45) is 1.73. The summed E-state index contributed by atoms with van der Waals surface area (Å²) in [5.41, 5.74) is 0. The fourth-order valence-corrected chi connectivity index (χ4v) is 0.455. The fraction of sp³-hybridized carbons (Fsp3) is 0.250. The lowest BCUT2D eigenvalue weighted by Crippen LogP contribution is -2.22. The molecule has 4 heteroatoms. The standard InChI is InChI=1S/C4H9NOSSi/c1-2-3-5-4(7)6-8/h2H,1,3H2,8H3,(H,5,7). The molecule has 0 aliphatic heterocycles. The minimum absolute atomic E-state index is 0.469. The van der Waals surface area contributed by atoms with Crippen LogP contribution in [0.2, 0.25) is 0 Å². The van der Waals surface area contributed by atoms with E-state index in [1.165, 1.54) is 0 Å². The van der Waals surface area contributed by atoms with Gasteiger partial charge in [0.05, 0.1) is 0 Å². The van der Waals surface area contributed by atoms with Gasteiger partial charge in [-0.05, 0) is 12.2 Å². The summed E-state index contributed by atoms with van der Waals surface area (Å²) in [6.45, 7) is 4.18. The fourth-order valence-electron chi connectivity index (χ4n) is 0.228. The van der Waals surface area contributed by atoms with Crippen LogP contribution in [-0.2, 0) is 4.43 Å². The molecule has 2 nitrogen and oxygen atoms in total. The molecule has 0 amide bonds. The first kappa shape index (κ1) is 7.65. The summed E-state index contributed by atoms with van der Waals surface area (Å²) in [5, 5.41) is 3.28. The lowest BCUT2D eigenvalue weighted by molar-refractivity contribution is 0.594. The molecule has 0 radical (unpaired) electrons. The zero-order chi connectivity index (χ0) is 6.41. The Hall–Kier alpha value is -0.353. The third-order valence-corrected chi connectivity index (χ3v) is 1.59. The third-order valence-electron chi connectivity index (χ3n) is 0.576. The van der Waals surface area contributed by atoms with E-state index in [1.54, 1.807) is 6.08 Å². The van der Waals surface area contributed by atoms with Gasteiger partial charge < -0.3 is 9.74 Å². The van der Waals surface area contributed by atoms with E-state index >= 15 is 0 Å². The van der Waals surface area contributed by atoms with Crippen LogP contribution in [0.5, 0.6) is 0 Å². The SMILES string of the molecule is C=CCNC(=S)O[SiH3]. The average molecular weight is 147 g/mol. The lowest BCUT2D eigenvalue weighted by Gasteiger charge is -2.01. The Bertz CT molecular complexity index is 96.0. The van der Waals surface area contributed by atoms with Gasteiger partial charge in [0.25, 0.3) is 0 Å². The van der Waals surface area contributed by atoms with Crippen molar-refractivity contribution in [3.63, 3.8) is 0 Å². The first-order valence-corrected chi connectivity index (χ1v) is 3.46. The highest BCUT2D eigenvalue weighted by atomic mass is 32.1. The van der Waals surface area contributed by atoms with Crippen LogP contribution in [0.15, 0.2) is 12.7 Å². The lowest BCUT2D eigenvalue weighted by atomic mass is 10.6. The van der Waals surface area contributed by atoms with Gasteiger partial charge in [-0.1, -0.05) is 6.08 Å². The van der Waals surface area contributed by atoms with Crippen LogP contribution in [-0.4, -0.2) is 22.2 Å². The highest BCUT2D eigenvalue weighted by molar-refractivity contribution is 7.80. The minimum Gasteiger partial charge on any atom is -0.534 e. The summed E-state index contributed by atoms with van der Waals surface area (Å²) < 4.78 is 4.76. The molecule has 0 unspecified atom stereocenters. The molecular weight excluding hydrogens is 138 g/mol. The highest BCUT2D eigenvalue weighted by Gasteiger charge is 1.84. The van der Waals surface area contributed by atoms with Crippen LogP contribution in [0.3, 0.4) is 0 Å². The first-order chi connectivity index (χ1) is 3.81. The Morgan fingerprint density at radius 3 is 3.00 bits per heavy atom. The molecule has 0 saturated carbocycles. The third kappa shape index (κ3) is 3.82. The summed E-state index contributed by atoms with van der Waals surface area (Å²) in [6, 6.07) is 0. The maximum Gasteiger partial charge on any atom is 0.242 e. The normalized spacial score (nSPS) is 8.00. The van der Waals surface area contributed by atoms with Crippen LogP contribution in [0.4, 0.5) is 0 Å². The van der Waals surface area contributed by atoms with Crippen LogP contribution in [0.25, 0.3) is 0 Å². The molecular formula is C4H9NOSSi. The monoisotopic (exact) mass is 147 g/mol. The van der Waals surface area contributed by atoms with Gasteiger partial charge in [-0.3, -0.25) is 0 Å². The average Bonchev–Trinajstić information content (AvgIpc) is 1.83. The number of rotatable bonds is 2. The number of thiocarbonyl (C=S) groups is 1. The van der Waals surface area contributed by atoms with Crippen LogP contribution in [0, 0.1) is 0 Å². The quantitative estimate of drug-likeness (QED) is 0.318. The van der Waals surface area contributed by atoms with Crippen molar-refractivity contribution in [1.82, 2.24) is 5.32 Å². The van der Waals surface area contributed by atoms with Crippen molar-refractivity contribution in [3.05, 3.63) is 12.7 Å². The topological polar surface area (TPSA) is 21.3 Å². The van der Waals surface area contributed by atoms with Gasteiger partial charge in [-0.2, -0.15) is 0 Å². The van der Waals surface area contributed by atoms with Crippen molar-refractivity contribution in [2.45, 2.75) is 0 Å². The Kier molecular flexibility index (Phi) is 4.59. The molecule has 8 heavy (non-hydrogen) atoms. The molecule has 46 valence electrons. The van der Waals surface area contributed by atoms with Gasteiger partial charge >= 0.3 is 0 Å².